The average Bonchev–Trinajstić information content (AvgIpc) is 2.54. The molecule has 1 unspecified atom stereocenters. The smallest absolute Gasteiger partial charge is 0.470 e. The van der Waals surface area contributed by atoms with Crippen LogP contribution in [0.1, 0.15) is 12.8 Å². The quantitative estimate of drug-likeness (QED) is 0.0779. The lowest BCUT2D eigenvalue weighted by Gasteiger charge is -2.30. The van der Waals surface area contributed by atoms with E-state index in [4.69, 9.17) is 25.1 Å². The van der Waals surface area contributed by atoms with Crippen molar-refractivity contribution in [1.29, 1.82) is 0 Å². The van der Waals surface area contributed by atoms with Crippen LogP contribution in [0.2, 0.25) is 0 Å². The van der Waals surface area contributed by atoms with Crippen LogP contribution in [0, 0.1) is 0 Å². The monoisotopic (exact) mass is 434 g/mol. The topological polar surface area (TPSA) is 266 Å². The summed E-state index contributed by atoms with van der Waals surface area (Å²) in [6, 6.07) is 0. The molecule has 0 radical (unpaired) electrons. The maximum Gasteiger partial charge on any atom is 0.470 e. The summed E-state index contributed by atoms with van der Waals surface area (Å²) in [5, 5.41) is 55.1. The van der Waals surface area contributed by atoms with Crippen molar-refractivity contribution in [2.45, 2.75) is 42.9 Å². The minimum Gasteiger partial charge on any atom is -0.481 e. The van der Waals surface area contributed by atoms with Gasteiger partial charge in [-0.25, -0.2) is 9.36 Å². The molecule has 0 fully saturated rings. The van der Waals surface area contributed by atoms with E-state index in [1.165, 1.54) is 0 Å². The molecule has 0 heterocycles. The molecule has 0 aromatic heterocycles. The van der Waals surface area contributed by atoms with Crippen LogP contribution >= 0.6 is 7.82 Å². The second-order valence-electron chi connectivity index (χ2n) is 5.48. The number of hydrogen-bond acceptors (Lipinski definition) is 11. The molecule has 0 aliphatic carbocycles. The predicted molar refractivity (Wildman–Crippen MR) is 81.4 cm³/mol. The first-order valence-electron chi connectivity index (χ1n) is 7.20. The Labute approximate surface area is 156 Å². The molecule has 0 rings (SSSR count). The number of carbonyl (C=O) groups excluding carboxylic acids is 2. The Kier molecular flexibility index (Phi) is 9.80. The van der Waals surface area contributed by atoms with Gasteiger partial charge in [-0.3, -0.25) is 18.9 Å². The van der Waals surface area contributed by atoms with Crippen molar-refractivity contribution >= 4 is 32.0 Å². The van der Waals surface area contributed by atoms with Crippen molar-refractivity contribution in [1.82, 2.24) is 0 Å². The van der Waals surface area contributed by atoms with E-state index in [1.54, 1.807) is 0 Å². The third-order valence-corrected chi connectivity index (χ3v) is 3.70. The van der Waals surface area contributed by atoms with E-state index in [-0.39, 0.29) is 6.29 Å². The van der Waals surface area contributed by atoms with Gasteiger partial charge in [0.25, 0.3) is 0 Å². The van der Waals surface area contributed by atoms with Gasteiger partial charge in [-0.2, -0.15) is 0 Å². The normalized spacial score (nSPS) is 18.2. The number of hydrogen-bond donors (Lipinski definition) is 8. The molecule has 162 valence electrons. The molecule has 28 heavy (non-hydrogen) atoms. The minimum absolute atomic E-state index is 0.303. The Morgan fingerprint density at radius 2 is 1.64 bits per heavy atom. The highest BCUT2D eigenvalue weighted by atomic mass is 31.2. The summed E-state index contributed by atoms with van der Waals surface area (Å²) in [6.07, 6.45) is -12.5. The molecule has 16 heteroatoms. The predicted octanol–water partition coefficient (Wildman–Crippen LogP) is -4.03. The Balaban J connectivity index is 5.55. The van der Waals surface area contributed by atoms with Crippen molar-refractivity contribution in [2.75, 3.05) is 6.61 Å². The van der Waals surface area contributed by atoms with Crippen molar-refractivity contribution in [3.05, 3.63) is 0 Å². The highest BCUT2D eigenvalue weighted by Gasteiger charge is 2.44. The van der Waals surface area contributed by atoms with Crippen LogP contribution in [0.4, 0.5) is 0 Å². The van der Waals surface area contributed by atoms with E-state index >= 15 is 0 Å². The van der Waals surface area contributed by atoms with E-state index in [0.29, 0.717) is 0 Å². The van der Waals surface area contributed by atoms with Crippen LogP contribution in [0.5, 0.6) is 0 Å². The van der Waals surface area contributed by atoms with E-state index in [1.807, 2.05) is 0 Å². The van der Waals surface area contributed by atoms with Crippen molar-refractivity contribution in [3.8, 4) is 0 Å². The van der Waals surface area contributed by atoms with Gasteiger partial charge in [0.2, 0.25) is 0 Å². The molecular weight excluding hydrogens is 415 g/mol. The number of aliphatic hydroxyl groups excluding tert-OH is 3. The van der Waals surface area contributed by atoms with E-state index < -0.39 is 75.2 Å². The fourth-order valence-corrected chi connectivity index (χ4v) is 2.43. The molecule has 0 amide bonds. The van der Waals surface area contributed by atoms with Gasteiger partial charge in [0, 0.05) is 0 Å². The minimum atomic E-state index is -5.44. The molecule has 0 bridgehead atoms. The largest absolute Gasteiger partial charge is 0.481 e. The molecule has 0 spiro atoms. The summed E-state index contributed by atoms with van der Waals surface area (Å²) < 4.78 is 19.5. The standard InChI is InChI=1S/C12H19O15P/c13-3-5(15)9(19)10(27-28(23,24)25)6(4-14)26-8(18)2-12(22,11(20)21)1-7(16)17/h4-6,9-10,13,15,19,22H,1-3H2,(H,16,17)(H,20,21)(H2,23,24,25)/t5-,6+,9-,10-,12?/m1/s1. The van der Waals surface area contributed by atoms with Gasteiger partial charge in [-0.1, -0.05) is 0 Å². The molecule has 0 aromatic rings. The number of aliphatic carboxylic acids is 2. The van der Waals surface area contributed by atoms with Gasteiger partial charge in [-0.15, -0.1) is 0 Å². The van der Waals surface area contributed by atoms with Crippen LogP contribution in [-0.2, 0) is 33.0 Å². The number of carboxylic acids is 2. The van der Waals surface area contributed by atoms with Gasteiger partial charge in [0.15, 0.2) is 18.0 Å². The second-order valence-corrected chi connectivity index (χ2v) is 6.67. The Hall–Kier alpha value is -1.97. The van der Waals surface area contributed by atoms with Crippen LogP contribution in [0.15, 0.2) is 0 Å². The van der Waals surface area contributed by atoms with Crippen LogP contribution in [0.25, 0.3) is 0 Å². The lowest BCUT2D eigenvalue weighted by molar-refractivity contribution is -0.179. The molecule has 0 aliphatic heterocycles. The highest BCUT2D eigenvalue weighted by molar-refractivity contribution is 7.46. The number of aldehydes is 1. The summed E-state index contributed by atoms with van der Waals surface area (Å²) in [7, 11) is -5.44. The fourth-order valence-electron chi connectivity index (χ4n) is 1.87. The van der Waals surface area contributed by atoms with Crippen LogP contribution in [-0.4, -0.2) is 101 Å². The summed E-state index contributed by atoms with van der Waals surface area (Å²) >= 11 is 0. The first-order chi connectivity index (χ1) is 12.7. The molecule has 0 saturated carbocycles. The number of rotatable bonds is 13. The second kappa shape index (κ2) is 10.5. The van der Waals surface area contributed by atoms with Crippen LogP contribution in [0.3, 0.4) is 0 Å². The summed E-state index contributed by atoms with van der Waals surface area (Å²) in [4.78, 5) is 62.2. The molecule has 8 N–H and O–H groups in total. The Morgan fingerprint density at radius 1 is 1.11 bits per heavy atom. The lowest BCUT2D eigenvalue weighted by atomic mass is 9.96. The zero-order chi connectivity index (χ0) is 22.3. The molecule has 0 aliphatic rings. The number of carbonyl (C=O) groups is 4. The number of aliphatic hydroxyl groups is 4. The summed E-state index contributed by atoms with van der Waals surface area (Å²) in [6.45, 7) is -1.15. The van der Waals surface area contributed by atoms with Crippen molar-refractivity contribution in [2.24, 2.45) is 0 Å². The van der Waals surface area contributed by atoms with Crippen molar-refractivity contribution in [3.63, 3.8) is 0 Å². The lowest BCUT2D eigenvalue weighted by Crippen LogP contribution is -2.50. The Morgan fingerprint density at radius 3 is 2.00 bits per heavy atom. The zero-order valence-corrected chi connectivity index (χ0v) is 14.8. The summed E-state index contributed by atoms with van der Waals surface area (Å²) in [5.74, 6) is -5.63. The molecule has 0 aromatic carbocycles. The number of esters is 1. The molecule has 0 saturated heterocycles. The number of phosphoric acid groups is 1. The van der Waals surface area contributed by atoms with Gasteiger partial charge >= 0.3 is 25.7 Å². The maximum atomic E-state index is 11.8. The van der Waals surface area contributed by atoms with Gasteiger partial charge in [-0.05, 0) is 0 Å². The van der Waals surface area contributed by atoms with Crippen LogP contribution < -0.4 is 0 Å². The summed E-state index contributed by atoms with van der Waals surface area (Å²) in [5.41, 5.74) is -3.14. The first-order valence-corrected chi connectivity index (χ1v) is 8.73. The number of phosphoric ester groups is 1. The van der Waals surface area contributed by atoms with Gasteiger partial charge < -0.3 is 45.2 Å². The number of carboxylic acid groups (broad SMARTS) is 2. The molecule has 15 nitrogen and oxygen atoms in total. The molecule has 5 atom stereocenters. The molecular formula is C12H19O15P. The maximum absolute atomic E-state index is 11.8. The Bertz CT molecular complexity index is 629. The SMILES string of the molecule is O=C[C@H](OC(=O)CC(O)(CC(=O)O)C(=O)O)[C@@H](OP(=O)(O)O)[C@H](O)[C@H](O)CO. The fraction of sp³-hybridized carbons (Fsp3) is 0.667. The highest BCUT2D eigenvalue weighted by Crippen LogP contribution is 2.39. The third kappa shape index (κ3) is 8.37. The van der Waals surface area contributed by atoms with E-state index in [9.17, 15) is 39.1 Å². The van der Waals surface area contributed by atoms with Crippen molar-refractivity contribution < 1.29 is 73.4 Å². The van der Waals surface area contributed by atoms with Gasteiger partial charge in [0.05, 0.1) is 19.4 Å². The zero-order valence-electron chi connectivity index (χ0n) is 13.9. The average molecular weight is 434 g/mol. The van der Waals surface area contributed by atoms with E-state index in [0.717, 1.165) is 0 Å². The van der Waals surface area contributed by atoms with E-state index in [2.05, 4.69) is 9.26 Å². The third-order valence-electron chi connectivity index (χ3n) is 3.18. The number of ether oxygens (including phenoxy) is 1. The van der Waals surface area contributed by atoms with Gasteiger partial charge in [0.1, 0.15) is 18.3 Å². The first kappa shape index (κ1) is 26.0.